The summed E-state index contributed by atoms with van der Waals surface area (Å²) < 4.78 is 37.9. The first-order valence-electron chi connectivity index (χ1n) is 3.44. The first-order valence-corrected chi connectivity index (χ1v) is 5.20. The van der Waals surface area contributed by atoms with Crippen LogP contribution in [-0.4, -0.2) is 35.8 Å². The molecule has 13 heavy (non-hydrogen) atoms. The van der Waals surface area contributed by atoms with Gasteiger partial charge in [0, 0.05) is 12.4 Å². The summed E-state index contributed by atoms with van der Waals surface area (Å²) >= 11 is 0. The molecule has 1 unspecified atom stereocenters. The Morgan fingerprint density at radius 2 is 2.08 bits per heavy atom. The molecule has 0 aromatic carbocycles. The van der Waals surface area contributed by atoms with Crippen molar-refractivity contribution >= 4 is 16.6 Å². The topological polar surface area (TPSA) is 49.7 Å². The Morgan fingerprint density at radius 1 is 1.54 bits per heavy atom. The average molecular weight is 217 g/mol. The average Bonchev–Trinajstić information content (AvgIpc) is 1.99. The van der Waals surface area contributed by atoms with Crippen LogP contribution in [0.4, 0.5) is 13.2 Å². The standard InChI is InChI=1S/C6H10F3NO2S/c1-13(4-2-3-11)10-5(12)6(7,8)9/h11H,2-4H2,1H3. The third-order valence-electron chi connectivity index (χ3n) is 1.08. The highest BCUT2D eigenvalue weighted by Gasteiger charge is 2.38. The molecule has 1 N–H and O–H groups in total. The van der Waals surface area contributed by atoms with Gasteiger partial charge in [-0.2, -0.15) is 17.5 Å². The summed E-state index contributed by atoms with van der Waals surface area (Å²) in [5, 5.41) is 8.36. The largest absolute Gasteiger partial charge is 0.474 e. The van der Waals surface area contributed by atoms with E-state index in [1.807, 2.05) is 0 Å². The lowest BCUT2D eigenvalue weighted by Crippen LogP contribution is -2.21. The maximum atomic E-state index is 11.6. The molecular weight excluding hydrogens is 207 g/mol. The molecule has 78 valence electrons. The molecular formula is C6H10F3NO2S. The normalized spacial score (nSPS) is 14.5. The molecule has 1 amide bonds. The van der Waals surface area contributed by atoms with Crippen LogP contribution >= 0.6 is 0 Å². The number of hydrogen-bond donors (Lipinski definition) is 1. The Balaban J connectivity index is 4.15. The summed E-state index contributed by atoms with van der Waals surface area (Å²) in [5.41, 5.74) is 0. The lowest BCUT2D eigenvalue weighted by molar-refractivity contribution is -0.169. The van der Waals surface area contributed by atoms with E-state index in [1.165, 1.54) is 6.26 Å². The van der Waals surface area contributed by atoms with Gasteiger partial charge in [0.2, 0.25) is 0 Å². The van der Waals surface area contributed by atoms with Gasteiger partial charge in [0.1, 0.15) is 0 Å². The molecule has 0 heterocycles. The zero-order chi connectivity index (χ0) is 10.5. The van der Waals surface area contributed by atoms with Crippen molar-refractivity contribution < 1.29 is 23.1 Å². The van der Waals surface area contributed by atoms with Gasteiger partial charge in [-0.25, -0.2) is 0 Å². The lowest BCUT2D eigenvalue weighted by Gasteiger charge is -2.02. The van der Waals surface area contributed by atoms with Gasteiger partial charge in [0.15, 0.2) is 0 Å². The zero-order valence-corrected chi connectivity index (χ0v) is 7.78. The molecule has 0 aliphatic heterocycles. The maximum absolute atomic E-state index is 11.6. The fourth-order valence-corrected chi connectivity index (χ4v) is 1.54. The molecule has 0 fully saturated rings. The van der Waals surface area contributed by atoms with E-state index >= 15 is 0 Å². The fraction of sp³-hybridized carbons (Fsp3) is 0.833. The molecule has 0 saturated carbocycles. The fourth-order valence-electron chi connectivity index (χ4n) is 0.512. The van der Waals surface area contributed by atoms with Crippen LogP contribution in [0, 0.1) is 0 Å². The Labute approximate surface area is 76.0 Å². The van der Waals surface area contributed by atoms with Crippen LogP contribution in [0.25, 0.3) is 0 Å². The van der Waals surface area contributed by atoms with Crippen molar-refractivity contribution in [3.63, 3.8) is 0 Å². The molecule has 0 spiro atoms. The predicted molar refractivity (Wildman–Crippen MR) is 43.3 cm³/mol. The van der Waals surface area contributed by atoms with E-state index in [1.54, 1.807) is 0 Å². The molecule has 0 bridgehead atoms. The molecule has 0 aliphatic rings. The number of rotatable bonds is 3. The van der Waals surface area contributed by atoms with Crippen molar-refractivity contribution in [2.24, 2.45) is 4.36 Å². The number of aliphatic hydroxyl groups is 1. The Hall–Kier alpha value is -0.430. The van der Waals surface area contributed by atoms with Crippen LogP contribution in [0.5, 0.6) is 0 Å². The Kier molecular flexibility index (Phi) is 5.16. The number of halogens is 3. The van der Waals surface area contributed by atoms with Crippen LogP contribution in [0.1, 0.15) is 6.42 Å². The molecule has 0 saturated heterocycles. The van der Waals surface area contributed by atoms with E-state index in [2.05, 4.69) is 4.36 Å². The van der Waals surface area contributed by atoms with Crippen LogP contribution in [-0.2, 0) is 15.5 Å². The predicted octanol–water partition coefficient (Wildman–Crippen LogP) is 0.889. The van der Waals surface area contributed by atoms with Gasteiger partial charge >= 0.3 is 12.1 Å². The van der Waals surface area contributed by atoms with Crippen molar-refractivity contribution in [2.75, 3.05) is 18.6 Å². The maximum Gasteiger partial charge on any atom is 0.474 e. The Bertz CT molecular complexity index is 214. The number of carbonyl (C=O) groups is 1. The number of hydrogen-bond acceptors (Lipinski definition) is 2. The minimum absolute atomic E-state index is 0.104. The van der Waals surface area contributed by atoms with Crippen LogP contribution in [0.15, 0.2) is 4.36 Å². The minimum atomic E-state index is -4.87. The third-order valence-corrected chi connectivity index (χ3v) is 2.44. The van der Waals surface area contributed by atoms with Crippen molar-refractivity contribution in [2.45, 2.75) is 12.6 Å². The molecule has 7 heteroatoms. The minimum Gasteiger partial charge on any atom is -0.396 e. The number of carbonyl (C=O) groups excluding carboxylic acids is 1. The second kappa shape index (κ2) is 5.33. The number of aliphatic hydroxyl groups excluding tert-OH is 1. The summed E-state index contributed by atoms with van der Waals surface area (Å²) in [6.45, 7) is -0.104. The van der Waals surface area contributed by atoms with Crippen molar-refractivity contribution in [1.82, 2.24) is 0 Å². The van der Waals surface area contributed by atoms with Gasteiger partial charge in [0.25, 0.3) is 0 Å². The van der Waals surface area contributed by atoms with Crippen molar-refractivity contribution in [1.29, 1.82) is 0 Å². The van der Waals surface area contributed by atoms with E-state index in [-0.39, 0.29) is 6.61 Å². The molecule has 0 rings (SSSR count). The highest BCUT2D eigenvalue weighted by molar-refractivity contribution is 7.86. The van der Waals surface area contributed by atoms with Gasteiger partial charge in [-0.3, -0.25) is 4.79 Å². The first kappa shape index (κ1) is 12.6. The van der Waals surface area contributed by atoms with Crippen LogP contribution in [0.3, 0.4) is 0 Å². The van der Waals surface area contributed by atoms with E-state index < -0.39 is 22.8 Å². The SMILES string of the molecule is C/S(CCCO)=N/C(=O)C(F)(F)F. The third kappa shape index (κ3) is 5.75. The van der Waals surface area contributed by atoms with Crippen molar-refractivity contribution in [3.05, 3.63) is 0 Å². The summed E-state index contributed by atoms with van der Waals surface area (Å²) in [6, 6.07) is 0. The second-order valence-electron chi connectivity index (χ2n) is 2.28. The van der Waals surface area contributed by atoms with E-state index in [9.17, 15) is 18.0 Å². The van der Waals surface area contributed by atoms with Gasteiger partial charge in [-0.1, -0.05) is 10.7 Å². The van der Waals surface area contributed by atoms with Crippen LogP contribution in [0.2, 0.25) is 0 Å². The number of nitrogens with zero attached hydrogens (tertiary/aromatic N) is 1. The summed E-state index contributed by atoms with van der Waals surface area (Å²) in [6.07, 6.45) is -3.09. The summed E-state index contributed by atoms with van der Waals surface area (Å²) in [5.74, 6) is -1.74. The van der Waals surface area contributed by atoms with Gasteiger partial charge in [0.05, 0.1) is 0 Å². The molecule has 0 aliphatic carbocycles. The zero-order valence-electron chi connectivity index (χ0n) is 6.97. The molecule has 0 aromatic heterocycles. The quantitative estimate of drug-likeness (QED) is 0.763. The summed E-state index contributed by atoms with van der Waals surface area (Å²) in [7, 11) is -0.951. The van der Waals surface area contributed by atoms with E-state index in [4.69, 9.17) is 5.11 Å². The Morgan fingerprint density at radius 3 is 2.46 bits per heavy atom. The molecule has 0 aromatic rings. The monoisotopic (exact) mass is 217 g/mol. The van der Waals surface area contributed by atoms with Gasteiger partial charge < -0.3 is 5.11 Å². The second-order valence-corrected chi connectivity index (χ2v) is 4.07. The smallest absolute Gasteiger partial charge is 0.396 e. The molecule has 1 atom stereocenters. The first-order chi connectivity index (χ1) is 5.88. The lowest BCUT2D eigenvalue weighted by atomic mass is 10.5. The summed E-state index contributed by atoms with van der Waals surface area (Å²) in [4.78, 5) is 10.3. The highest BCUT2D eigenvalue weighted by Crippen LogP contribution is 2.16. The molecule has 0 radical (unpaired) electrons. The van der Waals surface area contributed by atoms with E-state index in [0.717, 1.165) is 0 Å². The van der Waals surface area contributed by atoms with Crippen molar-refractivity contribution in [3.8, 4) is 0 Å². The number of amides is 1. The highest BCUT2D eigenvalue weighted by atomic mass is 32.2. The van der Waals surface area contributed by atoms with Crippen LogP contribution < -0.4 is 0 Å². The van der Waals surface area contributed by atoms with Gasteiger partial charge in [-0.15, -0.1) is 0 Å². The number of alkyl halides is 3. The van der Waals surface area contributed by atoms with E-state index in [0.29, 0.717) is 12.2 Å². The molecule has 3 nitrogen and oxygen atoms in total. The van der Waals surface area contributed by atoms with Gasteiger partial charge in [-0.05, 0) is 12.7 Å².